The van der Waals surface area contributed by atoms with Gasteiger partial charge < -0.3 is 25.2 Å². The van der Waals surface area contributed by atoms with Crippen LogP contribution in [0.3, 0.4) is 0 Å². The standard InChI is InChI=1S/C27H32N2O6/c1-26(2,15-23(30)28-17-27(24(31)32)11-13-34-14-12-27)29-25(33)35-16-22-20-9-5-3-7-18(20)19-8-4-6-10-21(19)22/h3-10,22H,11-17H2,1-2H3,(H,28,30)(H,29,33)(H,31,32). The number of amides is 2. The van der Waals surface area contributed by atoms with Crippen LogP contribution in [0, 0.1) is 5.41 Å². The number of benzene rings is 2. The first-order valence-corrected chi connectivity index (χ1v) is 11.9. The number of carboxylic acid groups (broad SMARTS) is 1. The zero-order valence-corrected chi connectivity index (χ0v) is 20.1. The number of nitrogens with one attached hydrogen (secondary N) is 2. The second kappa shape index (κ2) is 10.1. The predicted molar refractivity (Wildman–Crippen MR) is 130 cm³/mol. The molecule has 0 radical (unpaired) electrons. The number of carboxylic acids is 1. The van der Waals surface area contributed by atoms with Gasteiger partial charge in [-0.25, -0.2) is 4.79 Å². The van der Waals surface area contributed by atoms with Crippen LogP contribution >= 0.6 is 0 Å². The summed E-state index contributed by atoms with van der Waals surface area (Å²) in [4.78, 5) is 36.9. The predicted octanol–water partition coefficient (Wildman–Crippen LogP) is 3.69. The van der Waals surface area contributed by atoms with Crippen LogP contribution in [0.4, 0.5) is 4.79 Å². The number of alkyl carbamates (subject to hydrolysis) is 1. The smallest absolute Gasteiger partial charge is 0.407 e. The molecule has 0 atom stereocenters. The zero-order chi connectivity index (χ0) is 25.1. The number of ether oxygens (including phenoxy) is 2. The van der Waals surface area contributed by atoms with E-state index in [4.69, 9.17) is 9.47 Å². The lowest BCUT2D eigenvalue weighted by Crippen LogP contribution is -2.50. The molecule has 1 aliphatic carbocycles. The van der Waals surface area contributed by atoms with Crippen LogP contribution in [0.15, 0.2) is 48.5 Å². The summed E-state index contributed by atoms with van der Waals surface area (Å²) in [5.74, 6) is -1.32. The summed E-state index contributed by atoms with van der Waals surface area (Å²) in [7, 11) is 0. The summed E-state index contributed by atoms with van der Waals surface area (Å²) >= 11 is 0. The molecule has 186 valence electrons. The molecule has 2 aromatic rings. The normalized spacial score (nSPS) is 16.6. The van der Waals surface area contributed by atoms with Gasteiger partial charge in [0.15, 0.2) is 0 Å². The van der Waals surface area contributed by atoms with E-state index in [0.717, 1.165) is 22.3 Å². The van der Waals surface area contributed by atoms with Crippen LogP contribution in [-0.2, 0) is 19.1 Å². The first-order valence-electron chi connectivity index (χ1n) is 11.9. The SMILES string of the molecule is CC(C)(CC(=O)NCC1(C(=O)O)CCOCC1)NC(=O)OCC1c2ccccc2-c2ccccc21. The average molecular weight is 481 g/mol. The number of carbonyl (C=O) groups excluding carboxylic acids is 2. The molecule has 3 N–H and O–H groups in total. The van der Waals surface area contributed by atoms with Crippen molar-refractivity contribution in [2.75, 3.05) is 26.4 Å². The number of aliphatic carboxylic acids is 1. The molecule has 0 aromatic heterocycles. The monoisotopic (exact) mass is 480 g/mol. The number of rotatable bonds is 8. The third-order valence-electron chi connectivity index (χ3n) is 6.91. The highest BCUT2D eigenvalue weighted by molar-refractivity contribution is 5.81. The maximum Gasteiger partial charge on any atom is 0.407 e. The van der Waals surface area contributed by atoms with Crippen molar-refractivity contribution < 1.29 is 29.0 Å². The summed E-state index contributed by atoms with van der Waals surface area (Å²) in [6.45, 7) is 4.40. The van der Waals surface area contributed by atoms with Crippen molar-refractivity contribution in [1.82, 2.24) is 10.6 Å². The molecule has 4 rings (SSSR count). The average Bonchev–Trinajstić information content (AvgIpc) is 3.15. The van der Waals surface area contributed by atoms with Crippen molar-refractivity contribution in [3.8, 4) is 11.1 Å². The van der Waals surface area contributed by atoms with Gasteiger partial charge >= 0.3 is 12.1 Å². The summed E-state index contributed by atoms with van der Waals surface area (Å²) in [5, 5.41) is 15.2. The molecule has 0 saturated carbocycles. The lowest BCUT2D eigenvalue weighted by molar-refractivity contribution is -0.154. The molecule has 0 bridgehead atoms. The van der Waals surface area contributed by atoms with Crippen molar-refractivity contribution in [3.05, 3.63) is 59.7 Å². The summed E-state index contributed by atoms with van der Waals surface area (Å²) in [6, 6.07) is 16.2. The molecular formula is C27H32N2O6. The van der Waals surface area contributed by atoms with E-state index < -0.39 is 23.0 Å². The number of hydrogen-bond acceptors (Lipinski definition) is 5. The van der Waals surface area contributed by atoms with E-state index in [2.05, 4.69) is 34.9 Å². The van der Waals surface area contributed by atoms with Crippen LogP contribution in [0.25, 0.3) is 11.1 Å². The molecule has 2 aliphatic rings. The molecule has 8 nitrogen and oxygen atoms in total. The van der Waals surface area contributed by atoms with Gasteiger partial charge in [0.2, 0.25) is 5.91 Å². The van der Waals surface area contributed by atoms with Crippen molar-refractivity contribution >= 4 is 18.0 Å². The Morgan fingerprint density at radius 2 is 1.60 bits per heavy atom. The van der Waals surface area contributed by atoms with E-state index in [1.54, 1.807) is 13.8 Å². The van der Waals surface area contributed by atoms with Gasteiger partial charge in [0.25, 0.3) is 0 Å². The Labute approximate surface area is 205 Å². The van der Waals surface area contributed by atoms with Crippen LogP contribution in [0.1, 0.15) is 50.2 Å². The molecule has 1 aliphatic heterocycles. The van der Waals surface area contributed by atoms with Crippen molar-refractivity contribution in [2.24, 2.45) is 5.41 Å². The number of carbonyl (C=O) groups is 3. The minimum Gasteiger partial charge on any atom is -0.481 e. The van der Waals surface area contributed by atoms with E-state index in [9.17, 15) is 19.5 Å². The molecule has 1 fully saturated rings. The Morgan fingerprint density at radius 1 is 1.03 bits per heavy atom. The van der Waals surface area contributed by atoms with E-state index in [1.165, 1.54) is 0 Å². The molecule has 1 heterocycles. The fourth-order valence-corrected chi connectivity index (χ4v) is 4.92. The van der Waals surface area contributed by atoms with Gasteiger partial charge in [0, 0.05) is 37.6 Å². The largest absolute Gasteiger partial charge is 0.481 e. The van der Waals surface area contributed by atoms with Crippen LogP contribution in [-0.4, -0.2) is 55.0 Å². The van der Waals surface area contributed by atoms with Crippen LogP contribution < -0.4 is 10.6 Å². The van der Waals surface area contributed by atoms with Gasteiger partial charge in [-0.15, -0.1) is 0 Å². The maximum absolute atomic E-state index is 12.6. The molecule has 1 saturated heterocycles. The van der Waals surface area contributed by atoms with Gasteiger partial charge in [0.1, 0.15) is 6.61 Å². The Bertz CT molecular complexity index is 1060. The number of fused-ring (bicyclic) bond motifs is 3. The van der Waals surface area contributed by atoms with E-state index in [-0.39, 0.29) is 31.4 Å². The molecule has 0 spiro atoms. The lowest BCUT2D eigenvalue weighted by Gasteiger charge is -2.33. The molecule has 8 heteroatoms. The Kier molecular flexibility index (Phi) is 7.12. The van der Waals surface area contributed by atoms with E-state index in [1.807, 2.05) is 24.3 Å². The van der Waals surface area contributed by atoms with Gasteiger partial charge in [-0.2, -0.15) is 0 Å². The van der Waals surface area contributed by atoms with Gasteiger partial charge in [-0.3, -0.25) is 9.59 Å². The third kappa shape index (κ3) is 5.48. The highest BCUT2D eigenvalue weighted by Crippen LogP contribution is 2.44. The summed E-state index contributed by atoms with van der Waals surface area (Å²) in [5.41, 5.74) is 2.66. The third-order valence-corrected chi connectivity index (χ3v) is 6.91. The Balaban J connectivity index is 1.30. The summed E-state index contributed by atoms with van der Waals surface area (Å²) in [6.07, 6.45) is 0.0910. The molecular weight excluding hydrogens is 448 g/mol. The summed E-state index contributed by atoms with van der Waals surface area (Å²) < 4.78 is 10.9. The Morgan fingerprint density at radius 3 is 2.17 bits per heavy atom. The Hall–Kier alpha value is -3.39. The highest BCUT2D eigenvalue weighted by Gasteiger charge is 2.40. The van der Waals surface area contributed by atoms with Gasteiger partial charge in [-0.05, 0) is 48.9 Å². The second-order valence-corrected chi connectivity index (χ2v) is 9.99. The number of hydrogen-bond donors (Lipinski definition) is 3. The first kappa shape index (κ1) is 24.7. The van der Waals surface area contributed by atoms with Crippen molar-refractivity contribution in [1.29, 1.82) is 0 Å². The van der Waals surface area contributed by atoms with Crippen LogP contribution in [0.2, 0.25) is 0 Å². The molecule has 2 amide bonds. The zero-order valence-electron chi connectivity index (χ0n) is 20.1. The molecule has 2 aromatic carbocycles. The molecule has 0 unspecified atom stereocenters. The fraction of sp³-hybridized carbons (Fsp3) is 0.444. The second-order valence-electron chi connectivity index (χ2n) is 9.99. The van der Waals surface area contributed by atoms with Gasteiger partial charge in [-0.1, -0.05) is 48.5 Å². The lowest BCUT2D eigenvalue weighted by atomic mass is 9.80. The van der Waals surface area contributed by atoms with Crippen LogP contribution in [0.5, 0.6) is 0 Å². The fourth-order valence-electron chi connectivity index (χ4n) is 4.92. The van der Waals surface area contributed by atoms with E-state index >= 15 is 0 Å². The van der Waals surface area contributed by atoms with Crippen molar-refractivity contribution in [2.45, 2.75) is 44.6 Å². The quantitative estimate of drug-likeness (QED) is 0.531. The first-order chi connectivity index (χ1) is 16.7. The topological polar surface area (TPSA) is 114 Å². The molecule has 35 heavy (non-hydrogen) atoms. The van der Waals surface area contributed by atoms with E-state index in [0.29, 0.717) is 26.1 Å². The minimum atomic E-state index is -1.02. The van der Waals surface area contributed by atoms with Crippen molar-refractivity contribution in [3.63, 3.8) is 0 Å². The minimum absolute atomic E-state index is 0.0105. The van der Waals surface area contributed by atoms with Gasteiger partial charge in [0.05, 0.1) is 5.41 Å². The highest BCUT2D eigenvalue weighted by atomic mass is 16.5. The maximum atomic E-state index is 12.6.